The molecule has 1 aliphatic carbocycles. The van der Waals surface area contributed by atoms with Crippen molar-refractivity contribution in [1.82, 2.24) is 5.32 Å². The van der Waals surface area contributed by atoms with E-state index in [1.807, 2.05) is 38.2 Å². The fourth-order valence-corrected chi connectivity index (χ4v) is 2.76. The van der Waals surface area contributed by atoms with Crippen LogP contribution in [0.25, 0.3) is 0 Å². The number of carbonyl (C=O) groups is 1. The van der Waals surface area contributed by atoms with Crippen LogP contribution in [0, 0.1) is 5.92 Å². The van der Waals surface area contributed by atoms with Crippen molar-refractivity contribution in [3.63, 3.8) is 0 Å². The summed E-state index contributed by atoms with van der Waals surface area (Å²) in [5, 5.41) is 3.30. The normalized spacial score (nSPS) is 23.1. The van der Waals surface area contributed by atoms with Gasteiger partial charge in [-0.05, 0) is 63.9 Å². The molecule has 0 aromatic heterocycles. The third kappa shape index (κ3) is 3.57. The van der Waals surface area contributed by atoms with Crippen molar-refractivity contribution in [2.45, 2.75) is 38.6 Å². The summed E-state index contributed by atoms with van der Waals surface area (Å²) in [6.07, 6.45) is 4.20. The van der Waals surface area contributed by atoms with E-state index in [4.69, 9.17) is 4.74 Å². The van der Waals surface area contributed by atoms with Crippen LogP contribution in [0.15, 0.2) is 24.3 Å². The van der Waals surface area contributed by atoms with E-state index in [1.165, 1.54) is 0 Å². The molecule has 0 bridgehead atoms. The van der Waals surface area contributed by atoms with Gasteiger partial charge in [0, 0.05) is 17.5 Å². The summed E-state index contributed by atoms with van der Waals surface area (Å²) in [5.41, 5.74) is 0.816. The van der Waals surface area contributed by atoms with E-state index >= 15 is 0 Å². The average molecular weight is 261 g/mol. The zero-order valence-corrected chi connectivity index (χ0v) is 11.8. The molecule has 1 aliphatic rings. The molecular weight excluding hydrogens is 238 g/mol. The summed E-state index contributed by atoms with van der Waals surface area (Å²) in [6, 6.07) is 8.13. The van der Waals surface area contributed by atoms with Crippen LogP contribution in [-0.4, -0.2) is 25.5 Å². The Hall–Kier alpha value is -1.35. The lowest BCUT2D eigenvalue weighted by Crippen LogP contribution is -2.32. The number of ether oxygens (including phenoxy) is 1. The molecule has 3 nitrogen and oxygen atoms in total. The maximum atomic E-state index is 12.4. The van der Waals surface area contributed by atoms with Gasteiger partial charge in [0.05, 0.1) is 6.61 Å². The Kier molecular flexibility index (Phi) is 4.97. The van der Waals surface area contributed by atoms with Crippen LogP contribution in [0.2, 0.25) is 0 Å². The SMILES string of the molecule is CCOc1ccc(C(=O)C2CCC(NC)CC2)cc1. The quantitative estimate of drug-likeness (QED) is 0.828. The second-order valence-corrected chi connectivity index (χ2v) is 5.16. The maximum Gasteiger partial charge on any atom is 0.165 e. The molecule has 19 heavy (non-hydrogen) atoms. The minimum atomic E-state index is 0.197. The Morgan fingerprint density at radius 2 is 1.84 bits per heavy atom. The van der Waals surface area contributed by atoms with Crippen LogP contribution in [0.1, 0.15) is 43.0 Å². The first-order valence-electron chi connectivity index (χ1n) is 7.19. The highest BCUT2D eigenvalue weighted by Gasteiger charge is 2.26. The number of nitrogens with one attached hydrogen (secondary N) is 1. The lowest BCUT2D eigenvalue weighted by Gasteiger charge is -2.27. The lowest BCUT2D eigenvalue weighted by atomic mass is 9.81. The van der Waals surface area contributed by atoms with Gasteiger partial charge >= 0.3 is 0 Å². The first-order valence-corrected chi connectivity index (χ1v) is 7.19. The van der Waals surface area contributed by atoms with Crippen molar-refractivity contribution < 1.29 is 9.53 Å². The Morgan fingerprint density at radius 3 is 2.37 bits per heavy atom. The molecule has 0 heterocycles. The summed E-state index contributed by atoms with van der Waals surface area (Å²) >= 11 is 0. The van der Waals surface area contributed by atoms with E-state index < -0.39 is 0 Å². The first-order chi connectivity index (χ1) is 9.24. The van der Waals surface area contributed by atoms with Crippen molar-refractivity contribution in [2.75, 3.05) is 13.7 Å². The molecule has 0 aliphatic heterocycles. The Balaban J connectivity index is 1.96. The largest absolute Gasteiger partial charge is 0.494 e. The number of benzene rings is 1. The number of hydrogen-bond acceptors (Lipinski definition) is 3. The van der Waals surface area contributed by atoms with Gasteiger partial charge in [0.15, 0.2) is 5.78 Å². The molecule has 1 N–H and O–H groups in total. The van der Waals surface area contributed by atoms with Crippen molar-refractivity contribution in [2.24, 2.45) is 5.92 Å². The molecule has 0 radical (unpaired) electrons. The second kappa shape index (κ2) is 6.71. The maximum absolute atomic E-state index is 12.4. The molecule has 0 spiro atoms. The highest BCUT2D eigenvalue weighted by atomic mass is 16.5. The van der Waals surface area contributed by atoms with Crippen molar-refractivity contribution in [1.29, 1.82) is 0 Å². The molecule has 2 rings (SSSR count). The van der Waals surface area contributed by atoms with Crippen LogP contribution < -0.4 is 10.1 Å². The molecule has 0 atom stereocenters. The van der Waals surface area contributed by atoms with Gasteiger partial charge in [-0.3, -0.25) is 4.79 Å². The van der Waals surface area contributed by atoms with E-state index in [1.54, 1.807) is 0 Å². The van der Waals surface area contributed by atoms with Gasteiger partial charge in [-0.15, -0.1) is 0 Å². The van der Waals surface area contributed by atoms with Gasteiger partial charge in [0.2, 0.25) is 0 Å². The molecule has 0 amide bonds. The lowest BCUT2D eigenvalue weighted by molar-refractivity contribution is 0.0881. The second-order valence-electron chi connectivity index (χ2n) is 5.16. The zero-order valence-electron chi connectivity index (χ0n) is 11.8. The molecule has 3 heteroatoms. The summed E-state index contributed by atoms with van der Waals surface area (Å²) in [7, 11) is 2.00. The summed E-state index contributed by atoms with van der Waals surface area (Å²) in [5.74, 6) is 1.32. The predicted molar refractivity (Wildman–Crippen MR) is 76.7 cm³/mol. The van der Waals surface area contributed by atoms with Crippen LogP contribution in [0.3, 0.4) is 0 Å². The van der Waals surface area contributed by atoms with Crippen molar-refractivity contribution in [3.8, 4) is 5.75 Å². The van der Waals surface area contributed by atoms with Crippen molar-refractivity contribution in [3.05, 3.63) is 29.8 Å². The number of rotatable bonds is 5. The molecule has 1 aromatic carbocycles. The van der Waals surface area contributed by atoms with E-state index in [0.717, 1.165) is 37.0 Å². The zero-order chi connectivity index (χ0) is 13.7. The number of ketones is 1. The topological polar surface area (TPSA) is 38.3 Å². The standard InChI is InChI=1S/C16H23NO2/c1-3-19-15-10-6-13(7-11-15)16(18)12-4-8-14(17-2)9-5-12/h6-7,10-12,14,17H,3-5,8-9H2,1-2H3. The highest BCUT2D eigenvalue weighted by molar-refractivity contribution is 5.98. The first kappa shape index (κ1) is 14.1. The number of carbonyl (C=O) groups excluding carboxylic acids is 1. The minimum absolute atomic E-state index is 0.197. The Bertz CT molecular complexity index is 405. The average Bonchev–Trinajstić information content (AvgIpc) is 2.48. The molecule has 0 saturated heterocycles. The molecule has 1 aromatic rings. The van der Waals surface area contributed by atoms with Gasteiger partial charge in [-0.1, -0.05) is 0 Å². The van der Waals surface area contributed by atoms with Crippen LogP contribution in [0.5, 0.6) is 5.75 Å². The predicted octanol–water partition coefficient (Wildman–Crippen LogP) is 3.05. The van der Waals surface area contributed by atoms with Crippen LogP contribution in [0.4, 0.5) is 0 Å². The number of Topliss-reactive ketones (excluding diaryl/α,β-unsaturated/α-hetero) is 1. The molecule has 1 fully saturated rings. The molecular formula is C16H23NO2. The Labute approximate surface area is 115 Å². The monoisotopic (exact) mass is 261 g/mol. The summed E-state index contributed by atoms with van der Waals surface area (Å²) in [6.45, 7) is 2.61. The van der Waals surface area contributed by atoms with E-state index in [9.17, 15) is 4.79 Å². The molecule has 104 valence electrons. The Morgan fingerprint density at radius 1 is 1.21 bits per heavy atom. The molecule has 1 saturated carbocycles. The minimum Gasteiger partial charge on any atom is -0.494 e. The van der Waals surface area contributed by atoms with E-state index in [-0.39, 0.29) is 11.7 Å². The summed E-state index contributed by atoms with van der Waals surface area (Å²) < 4.78 is 5.40. The van der Waals surface area contributed by atoms with Crippen molar-refractivity contribution >= 4 is 5.78 Å². The smallest absolute Gasteiger partial charge is 0.165 e. The van der Waals surface area contributed by atoms with Gasteiger partial charge in [-0.2, -0.15) is 0 Å². The van der Waals surface area contributed by atoms with Gasteiger partial charge in [0.1, 0.15) is 5.75 Å². The van der Waals surface area contributed by atoms with E-state index in [0.29, 0.717) is 12.6 Å². The highest BCUT2D eigenvalue weighted by Crippen LogP contribution is 2.27. The van der Waals surface area contributed by atoms with Crippen LogP contribution >= 0.6 is 0 Å². The molecule has 0 unspecified atom stereocenters. The van der Waals surface area contributed by atoms with Gasteiger partial charge in [0.25, 0.3) is 0 Å². The van der Waals surface area contributed by atoms with Gasteiger partial charge in [-0.25, -0.2) is 0 Å². The third-order valence-corrected chi connectivity index (χ3v) is 3.96. The summed E-state index contributed by atoms with van der Waals surface area (Å²) in [4.78, 5) is 12.4. The third-order valence-electron chi connectivity index (χ3n) is 3.96. The van der Waals surface area contributed by atoms with Crippen LogP contribution in [-0.2, 0) is 0 Å². The van der Waals surface area contributed by atoms with Gasteiger partial charge < -0.3 is 10.1 Å². The van der Waals surface area contributed by atoms with E-state index in [2.05, 4.69) is 5.32 Å². The number of hydrogen-bond donors (Lipinski definition) is 1. The fourth-order valence-electron chi connectivity index (χ4n) is 2.76. The fraction of sp³-hybridized carbons (Fsp3) is 0.562.